The van der Waals surface area contributed by atoms with Crippen LogP contribution in [0.5, 0.6) is 6.01 Å². The number of hydrogen-bond acceptors (Lipinski definition) is 6. The summed E-state index contributed by atoms with van der Waals surface area (Å²) in [5.74, 6) is 0.241. The van der Waals surface area contributed by atoms with Gasteiger partial charge in [0.1, 0.15) is 17.0 Å². The highest BCUT2D eigenvalue weighted by Crippen LogP contribution is 2.35. The van der Waals surface area contributed by atoms with Crippen molar-refractivity contribution in [1.29, 1.82) is 0 Å². The van der Waals surface area contributed by atoms with Crippen molar-refractivity contribution in [2.24, 2.45) is 0 Å². The number of hydrogen-bond donors (Lipinski definition) is 1. The molecule has 1 N–H and O–H groups in total. The van der Waals surface area contributed by atoms with Crippen molar-refractivity contribution in [3.05, 3.63) is 54.5 Å². The quantitative estimate of drug-likeness (QED) is 0.547. The maximum absolute atomic E-state index is 15.9. The summed E-state index contributed by atoms with van der Waals surface area (Å²) in [4.78, 5) is 15.7. The second kappa shape index (κ2) is 7.13. The summed E-state index contributed by atoms with van der Waals surface area (Å²) < 4.78 is 21.2. The number of ether oxygens (including phenoxy) is 1. The van der Waals surface area contributed by atoms with E-state index in [0.717, 1.165) is 42.3 Å². The van der Waals surface area contributed by atoms with Crippen LogP contribution < -0.4 is 15.0 Å². The number of nitrogens with one attached hydrogen (secondary N) is 1. The number of benzene rings is 2. The van der Waals surface area contributed by atoms with E-state index < -0.39 is 5.82 Å². The van der Waals surface area contributed by atoms with E-state index in [0.29, 0.717) is 23.3 Å². The molecule has 6 rings (SSSR count). The molecule has 2 aliphatic rings. The average Bonchev–Trinajstić information content (AvgIpc) is 3.16. The van der Waals surface area contributed by atoms with E-state index in [9.17, 15) is 0 Å². The third kappa shape index (κ3) is 2.99. The minimum atomic E-state index is -0.450. The summed E-state index contributed by atoms with van der Waals surface area (Å²) in [5, 5.41) is 6.23. The molecule has 7 heteroatoms. The molecule has 2 aliphatic heterocycles. The molecule has 4 heterocycles. The van der Waals surface area contributed by atoms with E-state index in [1.807, 2.05) is 42.5 Å². The Kier molecular flexibility index (Phi) is 4.24. The first-order valence-corrected chi connectivity index (χ1v) is 10.6. The zero-order valence-corrected chi connectivity index (χ0v) is 17.2. The molecule has 2 aromatic heterocycles. The summed E-state index contributed by atoms with van der Waals surface area (Å²) in [6.07, 6.45) is 4.01. The Morgan fingerprint density at radius 2 is 1.77 bits per heavy atom. The Morgan fingerprint density at radius 1 is 1.00 bits per heavy atom. The fourth-order valence-electron chi connectivity index (χ4n) is 4.94. The van der Waals surface area contributed by atoms with Crippen LogP contribution in [0.2, 0.25) is 0 Å². The molecule has 2 atom stereocenters. The van der Waals surface area contributed by atoms with Crippen molar-refractivity contribution < 1.29 is 9.13 Å². The van der Waals surface area contributed by atoms with Crippen LogP contribution in [-0.4, -0.2) is 47.2 Å². The number of methoxy groups -OCH3 is 1. The first-order chi connectivity index (χ1) is 15.2. The van der Waals surface area contributed by atoms with Crippen molar-refractivity contribution in [3.63, 3.8) is 0 Å². The van der Waals surface area contributed by atoms with Crippen LogP contribution >= 0.6 is 0 Å². The highest BCUT2D eigenvalue weighted by molar-refractivity contribution is 5.99. The summed E-state index contributed by atoms with van der Waals surface area (Å²) in [5.41, 5.74) is 1.28. The molecule has 0 radical (unpaired) electrons. The molecule has 2 unspecified atom stereocenters. The van der Waals surface area contributed by atoms with Gasteiger partial charge < -0.3 is 15.0 Å². The first kappa shape index (κ1) is 18.4. The minimum Gasteiger partial charge on any atom is -0.467 e. The molecular weight excluding hydrogens is 393 g/mol. The summed E-state index contributed by atoms with van der Waals surface area (Å²) >= 11 is 0. The Bertz CT molecular complexity index is 1290. The highest BCUT2D eigenvalue weighted by Gasteiger charge is 2.34. The Hall–Kier alpha value is -3.32. The van der Waals surface area contributed by atoms with Crippen molar-refractivity contribution in [3.8, 4) is 17.3 Å². The smallest absolute Gasteiger partial charge is 0.318 e. The predicted octanol–water partition coefficient (Wildman–Crippen LogP) is 3.93. The molecule has 6 nitrogen and oxygen atoms in total. The van der Waals surface area contributed by atoms with Gasteiger partial charge in [0.2, 0.25) is 0 Å². The van der Waals surface area contributed by atoms with E-state index in [1.165, 1.54) is 7.11 Å². The predicted molar refractivity (Wildman–Crippen MR) is 119 cm³/mol. The molecule has 0 aliphatic carbocycles. The van der Waals surface area contributed by atoms with Gasteiger partial charge in [-0.1, -0.05) is 42.5 Å². The standard InChI is InChI=1S/C24H22FN5O/c1-31-24-28-22-19(23(29-24)30-12-15-9-10-16(13-30)27-15)11-26-21(20(22)25)18-8-4-6-14-5-2-3-7-17(14)18/h2-8,11,15-16,27H,9-10,12-13H2,1H3. The number of aromatic nitrogens is 3. The average molecular weight is 415 g/mol. The lowest BCUT2D eigenvalue weighted by Crippen LogP contribution is -2.51. The summed E-state index contributed by atoms with van der Waals surface area (Å²) in [7, 11) is 1.51. The van der Waals surface area contributed by atoms with Gasteiger partial charge >= 0.3 is 6.01 Å². The van der Waals surface area contributed by atoms with E-state index in [2.05, 4.69) is 25.2 Å². The van der Waals surface area contributed by atoms with Crippen LogP contribution in [0, 0.1) is 5.82 Å². The van der Waals surface area contributed by atoms with Crippen LogP contribution in [-0.2, 0) is 0 Å². The van der Waals surface area contributed by atoms with Crippen LogP contribution in [0.1, 0.15) is 12.8 Å². The molecule has 0 spiro atoms. The molecule has 0 amide bonds. The third-order valence-corrected chi connectivity index (χ3v) is 6.39. The monoisotopic (exact) mass is 415 g/mol. The number of nitrogens with zero attached hydrogens (tertiary/aromatic N) is 4. The number of piperazine rings is 1. The fourth-order valence-corrected chi connectivity index (χ4v) is 4.94. The maximum Gasteiger partial charge on any atom is 0.318 e. The van der Waals surface area contributed by atoms with E-state index >= 15 is 4.39 Å². The normalized spacial score (nSPS) is 20.5. The van der Waals surface area contributed by atoms with Gasteiger partial charge in [0, 0.05) is 36.9 Å². The van der Waals surface area contributed by atoms with Gasteiger partial charge in [-0.25, -0.2) is 4.39 Å². The largest absolute Gasteiger partial charge is 0.467 e. The van der Waals surface area contributed by atoms with Crippen molar-refractivity contribution >= 4 is 27.5 Å². The van der Waals surface area contributed by atoms with Crippen molar-refractivity contribution in [1.82, 2.24) is 20.3 Å². The van der Waals surface area contributed by atoms with E-state index in [1.54, 1.807) is 6.20 Å². The van der Waals surface area contributed by atoms with Crippen LogP contribution in [0.25, 0.3) is 32.9 Å². The second-order valence-corrected chi connectivity index (χ2v) is 8.29. The number of rotatable bonds is 3. The molecule has 2 saturated heterocycles. The van der Waals surface area contributed by atoms with Gasteiger partial charge in [-0.2, -0.15) is 9.97 Å². The van der Waals surface area contributed by atoms with Crippen LogP contribution in [0.15, 0.2) is 48.7 Å². The summed E-state index contributed by atoms with van der Waals surface area (Å²) in [6, 6.07) is 14.8. The number of anilines is 1. The van der Waals surface area contributed by atoms with Crippen molar-refractivity contribution in [2.75, 3.05) is 25.1 Å². The maximum atomic E-state index is 15.9. The van der Waals surface area contributed by atoms with E-state index in [-0.39, 0.29) is 17.2 Å². The Labute approximate surface area is 179 Å². The highest BCUT2D eigenvalue weighted by atomic mass is 19.1. The lowest BCUT2D eigenvalue weighted by atomic mass is 10.0. The second-order valence-electron chi connectivity index (χ2n) is 8.29. The molecule has 0 saturated carbocycles. The zero-order chi connectivity index (χ0) is 20.9. The lowest BCUT2D eigenvalue weighted by molar-refractivity contribution is 0.380. The third-order valence-electron chi connectivity index (χ3n) is 6.39. The number of halogens is 1. The van der Waals surface area contributed by atoms with Crippen LogP contribution in [0.4, 0.5) is 10.2 Å². The molecular formula is C24H22FN5O. The minimum absolute atomic E-state index is 0.169. The first-order valence-electron chi connectivity index (χ1n) is 10.6. The van der Waals surface area contributed by atoms with Gasteiger partial charge in [-0.05, 0) is 23.6 Å². The Morgan fingerprint density at radius 3 is 2.58 bits per heavy atom. The molecule has 4 aromatic rings. The van der Waals surface area contributed by atoms with Gasteiger partial charge in [0.25, 0.3) is 0 Å². The van der Waals surface area contributed by atoms with Gasteiger partial charge in [-0.15, -0.1) is 0 Å². The zero-order valence-electron chi connectivity index (χ0n) is 17.2. The van der Waals surface area contributed by atoms with Crippen molar-refractivity contribution in [2.45, 2.75) is 24.9 Å². The SMILES string of the molecule is COc1nc(N2CC3CCC(C2)N3)c2cnc(-c3cccc4ccccc34)c(F)c2n1. The fraction of sp³-hybridized carbons (Fsp3) is 0.292. The van der Waals surface area contributed by atoms with Gasteiger partial charge in [0.05, 0.1) is 12.5 Å². The van der Waals surface area contributed by atoms with Crippen LogP contribution in [0.3, 0.4) is 0 Å². The lowest BCUT2D eigenvalue weighted by Gasteiger charge is -2.34. The summed E-state index contributed by atoms with van der Waals surface area (Å²) in [6.45, 7) is 1.66. The number of fused-ring (bicyclic) bond motifs is 4. The van der Waals surface area contributed by atoms with E-state index in [4.69, 9.17) is 4.74 Å². The topological polar surface area (TPSA) is 63.2 Å². The molecule has 2 fully saturated rings. The van der Waals surface area contributed by atoms with Gasteiger partial charge in [-0.3, -0.25) is 4.98 Å². The molecule has 156 valence electrons. The molecule has 2 bridgehead atoms. The number of pyridine rings is 1. The molecule has 31 heavy (non-hydrogen) atoms. The Balaban J connectivity index is 1.54. The van der Waals surface area contributed by atoms with Gasteiger partial charge in [0.15, 0.2) is 5.82 Å². The molecule has 2 aromatic carbocycles.